The van der Waals surface area contributed by atoms with Gasteiger partial charge in [-0.25, -0.2) is 12.7 Å². The zero-order chi connectivity index (χ0) is 20.0. The van der Waals surface area contributed by atoms with Crippen LogP contribution in [0.15, 0.2) is 53.4 Å². The highest BCUT2D eigenvalue weighted by molar-refractivity contribution is 7.97. The minimum Gasteiger partial charge on any atom is -0.267 e. The molecule has 7 nitrogen and oxygen atoms in total. The zero-order valence-corrected chi connectivity index (χ0v) is 16.9. The van der Waals surface area contributed by atoms with Gasteiger partial charge in [0.15, 0.2) is 0 Å². The van der Waals surface area contributed by atoms with E-state index in [1.807, 2.05) is 18.4 Å². The molecule has 2 N–H and O–H groups in total. The van der Waals surface area contributed by atoms with Gasteiger partial charge in [-0.2, -0.15) is 11.8 Å². The molecule has 0 aliphatic carbocycles. The summed E-state index contributed by atoms with van der Waals surface area (Å²) in [4.78, 5) is 24.4. The highest BCUT2D eigenvalue weighted by atomic mass is 32.2. The Hall–Kier alpha value is -2.36. The van der Waals surface area contributed by atoms with Crippen LogP contribution in [0.1, 0.15) is 26.3 Å². The van der Waals surface area contributed by atoms with Crippen LogP contribution in [0.3, 0.4) is 0 Å². The topological polar surface area (TPSA) is 95.6 Å². The standard InChI is InChI=1S/C18H21N3O4S2/c1-21(2)27(24,25)16-6-4-5-15(11-16)18(23)20-19-17(22)14-9-7-13(8-10-14)12-26-3/h4-11H,12H2,1-3H3,(H,19,22)(H,20,23). The molecule has 0 aliphatic heterocycles. The molecule has 27 heavy (non-hydrogen) atoms. The summed E-state index contributed by atoms with van der Waals surface area (Å²) in [5, 5.41) is 0. The van der Waals surface area contributed by atoms with Gasteiger partial charge < -0.3 is 0 Å². The van der Waals surface area contributed by atoms with Gasteiger partial charge in [0.1, 0.15) is 0 Å². The molecule has 0 spiro atoms. The molecule has 0 aliphatic rings. The van der Waals surface area contributed by atoms with Gasteiger partial charge in [-0.05, 0) is 42.2 Å². The molecule has 0 heterocycles. The SMILES string of the molecule is CSCc1ccc(C(=O)NNC(=O)c2cccc(S(=O)(=O)N(C)C)c2)cc1. The Morgan fingerprint density at radius 2 is 1.56 bits per heavy atom. The first-order chi connectivity index (χ1) is 12.8. The normalized spacial score (nSPS) is 11.3. The van der Waals surface area contributed by atoms with E-state index in [0.717, 1.165) is 15.6 Å². The van der Waals surface area contributed by atoms with E-state index in [9.17, 15) is 18.0 Å². The predicted molar refractivity (Wildman–Crippen MR) is 106 cm³/mol. The van der Waals surface area contributed by atoms with Crippen LogP contribution in [0.2, 0.25) is 0 Å². The lowest BCUT2D eigenvalue weighted by Gasteiger charge is -2.12. The Kier molecular flexibility index (Phi) is 7.00. The summed E-state index contributed by atoms with van der Waals surface area (Å²) in [5.74, 6) is -0.223. The molecular weight excluding hydrogens is 386 g/mol. The molecule has 0 bridgehead atoms. The maximum atomic E-state index is 12.2. The van der Waals surface area contributed by atoms with Crippen molar-refractivity contribution in [2.45, 2.75) is 10.6 Å². The van der Waals surface area contributed by atoms with Gasteiger partial charge in [0.25, 0.3) is 11.8 Å². The van der Waals surface area contributed by atoms with E-state index >= 15 is 0 Å². The van der Waals surface area contributed by atoms with Gasteiger partial charge in [0, 0.05) is 31.0 Å². The largest absolute Gasteiger partial charge is 0.269 e. The Morgan fingerprint density at radius 3 is 2.11 bits per heavy atom. The summed E-state index contributed by atoms with van der Waals surface area (Å²) >= 11 is 1.68. The van der Waals surface area contributed by atoms with E-state index in [0.29, 0.717) is 5.56 Å². The third kappa shape index (κ3) is 5.31. The van der Waals surface area contributed by atoms with E-state index in [1.165, 1.54) is 38.4 Å². The third-order valence-corrected chi connectivity index (χ3v) is 6.12. The molecule has 0 saturated heterocycles. The lowest BCUT2D eigenvalue weighted by molar-refractivity contribution is 0.0846. The monoisotopic (exact) mass is 407 g/mol. The summed E-state index contributed by atoms with van der Waals surface area (Å²) in [7, 11) is -0.833. The number of carbonyl (C=O) groups excluding carboxylic acids is 2. The van der Waals surface area contributed by atoms with Crippen LogP contribution in [0.4, 0.5) is 0 Å². The van der Waals surface area contributed by atoms with E-state index in [2.05, 4.69) is 10.9 Å². The summed E-state index contributed by atoms with van der Waals surface area (Å²) in [6, 6.07) is 12.7. The van der Waals surface area contributed by atoms with Crippen molar-refractivity contribution < 1.29 is 18.0 Å². The Morgan fingerprint density at radius 1 is 0.963 bits per heavy atom. The summed E-state index contributed by atoms with van der Waals surface area (Å²) in [5.41, 5.74) is 6.24. The van der Waals surface area contributed by atoms with Crippen LogP contribution in [0.5, 0.6) is 0 Å². The molecule has 2 aromatic carbocycles. The average molecular weight is 408 g/mol. The smallest absolute Gasteiger partial charge is 0.267 e. The lowest BCUT2D eigenvalue weighted by Crippen LogP contribution is -2.41. The first kappa shape index (κ1) is 20.9. The molecule has 0 unspecified atom stereocenters. The highest BCUT2D eigenvalue weighted by Gasteiger charge is 2.19. The first-order valence-electron chi connectivity index (χ1n) is 7.97. The van der Waals surface area contributed by atoms with Gasteiger partial charge in [-0.15, -0.1) is 0 Å². The van der Waals surface area contributed by atoms with E-state index in [1.54, 1.807) is 23.9 Å². The second-order valence-electron chi connectivity index (χ2n) is 5.85. The van der Waals surface area contributed by atoms with Gasteiger partial charge in [-0.1, -0.05) is 18.2 Å². The molecule has 2 rings (SSSR count). The molecule has 2 aromatic rings. The number of nitrogens with one attached hydrogen (secondary N) is 2. The van der Waals surface area contributed by atoms with Crippen LogP contribution >= 0.6 is 11.8 Å². The number of sulfonamides is 1. The van der Waals surface area contributed by atoms with Crippen molar-refractivity contribution in [3.8, 4) is 0 Å². The Bertz CT molecular complexity index is 926. The maximum absolute atomic E-state index is 12.2. The van der Waals surface area contributed by atoms with E-state index in [-0.39, 0.29) is 10.5 Å². The van der Waals surface area contributed by atoms with Crippen LogP contribution in [-0.4, -0.2) is 44.9 Å². The second kappa shape index (κ2) is 9.03. The van der Waals surface area contributed by atoms with Crippen LogP contribution in [-0.2, 0) is 15.8 Å². The number of nitrogens with zero attached hydrogens (tertiary/aromatic N) is 1. The maximum Gasteiger partial charge on any atom is 0.269 e. The van der Waals surface area contributed by atoms with Gasteiger partial charge >= 0.3 is 0 Å². The molecule has 144 valence electrons. The fraction of sp³-hybridized carbons (Fsp3) is 0.222. The van der Waals surface area contributed by atoms with Crippen molar-refractivity contribution in [3.63, 3.8) is 0 Å². The summed E-state index contributed by atoms with van der Waals surface area (Å²) < 4.78 is 25.4. The van der Waals surface area contributed by atoms with Gasteiger partial charge in [0.05, 0.1) is 4.90 Å². The predicted octanol–water partition coefficient (Wildman–Crippen LogP) is 1.87. The number of thioether (sulfide) groups is 1. The van der Waals surface area contributed by atoms with Gasteiger partial charge in [0.2, 0.25) is 10.0 Å². The molecule has 0 atom stereocenters. The van der Waals surface area contributed by atoms with Crippen molar-refractivity contribution in [2.24, 2.45) is 0 Å². The number of hydrogen-bond acceptors (Lipinski definition) is 5. The number of benzene rings is 2. The van der Waals surface area contributed by atoms with Crippen molar-refractivity contribution >= 4 is 33.6 Å². The second-order valence-corrected chi connectivity index (χ2v) is 8.87. The fourth-order valence-corrected chi connectivity index (χ4v) is 3.66. The Balaban J connectivity index is 2.04. The van der Waals surface area contributed by atoms with E-state index in [4.69, 9.17) is 0 Å². The van der Waals surface area contributed by atoms with Crippen LogP contribution < -0.4 is 10.9 Å². The molecule has 0 fully saturated rings. The number of hydrazine groups is 1. The van der Waals surface area contributed by atoms with Crippen molar-refractivity contribution in [1.29, 1.82) is 0 Å². The molecule has 0 saturated carbocycles. The fourth-order valence-electron chi connectivity index (χ4n) is 2.19. The van der Waals surface area contributed by atoms with Crippen LogP contribution in [0, 0.1) is 0 Å². The summed E-state index contributed by atoms with van der Waals surface area (Å²) in [6.45, 7) is 0. The quantitative estimate of drug-likeness (QED) is 0.713. The number of carbonyl (C=O) groups is 2. The molecule has 0 radical (unpaired) electrons. The highest BCUT2D eigenvalue weighted by Crippen LogP contribution is 2.15. The minimum atomic E-state index is -3.65. The lowest BCUT2D eigenvalue weighted by atomic mass is 10.1. The average Bonchev–Trinajstić information content (AvgIpc) is 2.66. The first-order valence-corrected chi connectivity index (χ1v) is 10.8. The van der Waals surface area contributed by atoms with Gasteiger partial charge in [-0.3, -0.25) is 20.4 Å². The van der Waals surface area contributed by atoms with Crippen molar-refractivity contribution in [3.05, 3.63) is 65.2 Å². The zero-order valence-electron chi connectivity index (χ0n) is 15.2. The number of rotatable bonds is 6. The van der Waals surface area contributed by atoms with Crippen molar-refractivity contribution in [1.82, 2.24) is 15.2 Å². The third-order valence-electron chi connectivity index (χ3n) is 3.69. The number of amides is 2. The molecule has 2 amide bonds. The summed E-state index contributed by atoms with van der Waals surface area (Å²) in [6.07, 6.45) is 1.99. The molecule has 0 aromatic heterocycles. The Labute approximate surface area is 163 Å². The number of hydrogen-bond donors (Lipinski definition) is 2. The van der Waals surface area contributed by atoms with Crippen LogP contribution in [0.25, 0.3) is 0 Å². The molecule has 9 heteroatoms. The van der Waals surface area contributed by atoms with Crippen molar-refractivity contribution in [2.75, 3.05) is 20.4 Å². The molecular formula is C18H21N3O4S2. The van der Waals surface area contributed by atoms with E-state index < -0.39 is 21.8 Å². The minimum absolute atomic E-state index is 0.00383.